The van der Waals surface area contributed by atoms with E-state index in [4.69, 9.17) is 4.74 Å². The molecule has 10 heteroatoms. The Morgan fingerprint density at radius 2 is 1.87 bits per heavy atom. The van der Waals surface area contributed by atoms with Gasteiger partial charge in [0.05, 0.1) is 18.0 Å². The lowest BCUT2D eigenvalue weighted by molar-refractivity contribution is -0.119. The second-order valence-corrected chi connectivity index (χ2v) is 7.74. The molecule has 0 spiro atoms. The topological polar surface area (TPSA) is 98.1 Å². The molecule has 0 radical (unpaired) electrons. The highest BCUT2D eigenvalue weighted by atomic mass is 32.2. The van der Waals surface area contributed by atoms with Gasteiger partial charge in [0.1, 0.15) is 11.6 Å². The minimum atomic E-state index is -0.680. The summed E-state index contributed by atoms with van der Waals surface area (Å²) < 4.78 is 21.4. The molecule has 0 saturated heterocycles. The molecule has 3 rings (SSSR count). The Kier molecular flexibility index (Phi) is 7.24. The number of nitrogens with zero attached hydrogens (tertiary/aromatic N) is 3. The maximum Gasteiger partial charge on any atom is 0.321 e. The van der Waals surface area contributed by atoms with Gasteiger partial charge in [-0.1, -0.05) is 23.9 Å². The van der Waals surface area contributed by atoms with Gasteiger partial charge in [-0.2, -0.15) is 0 Å². The van der Waals surface area contributed by atoms with Crippen LogP contribution in [-0.4, -0.2) is 45.6 Å². The summed E-state index contributed by atoms with van der Waals surface area (Å²) in [5, 5.41) is 12.8. The predicted molar refractivity (Wildman–Crippen MR) is 116 cm³/mol. The van der Waals surface area contributed by atoms with Gasteiger partial charge in [-0.25, -0.2) is 9.18 Å². The van der Waals surface area contributed by atoms with Crippen LogP contribution in [0.5, 0.6) is 5.75 Å². The number of thioether (sulfide) groups is 1. The highest BCUT2D eigenvalue weighted by molar-refractivity contribution is 8.00. The molecule has 0 fully saturated rings. The Morgan fingerprint density at radius 1 is 1.16 bits per heavy atom. The molecule has 8 nitrogen and oxygen atoms in total. The Morgan fingerprint density at radius 3 is 2.52 bits per heavy atom. The number of amides is 3. The van der Waals surface area contributed by atoms with Gasteiger partial charge in [-0.3, -0.25) is 14.7 Å². The zero-order chi connectivity index (χ0) is 22.4. The lowest BCUT2D eigenvalue weighted by Gasteiger charge is -2.14. The molecular weight excluding hydrogens is 421 g/mol. The molecule has 2 N–H and O–H groups in total. The first-order valence-electron chi connectivity index (χ1n) is 9.54. The number of hydrogen-bond acceptors (Lipinski definition) is 6. The van der Waals surface area contributed by atoms with E-state index in [1.165, 1.54) is 6.07 Å². The number of urea groups is 1. The maximum atomic E-state index is 14.7. The van der Waals surface area contributed by atoms with E-state index in [-0.39, 0.29) is 5.69 Å². The number of nitrogens with one attached hydrogen (secondary N) is 2. The van der Waals surface area contributed by atoms with Crippen LogP contribution in [0.25, 0.3) is 17.1 Å². The first kappa shape index (κ1) is 22.3. The molecular formula is C21H22FN5O3S. The van der Waals surface area contributed by atoms with E-state index in [9.17, 15) is 14.0 Å². The van der Waals surface area contributed by atoms with Crippen LogP contribution in [0.4, 0.5) is 9.18 Å². The number of hydrogen-bond donors (Lipinski definition) is 2. The van der Waals surface area contributed by atoms with Crippen molar-refractivity contribution < 1.29 is 18.7 Å². The third-order valence-corrected chi connectivity index (χ3v) is 5.34. The number of carbonyl (C=O) groups is 2. The van der Waals surface area contributed by atoms with Crippen LogP contribution >= 0.6 is 11.8 Å². The SMILES string of the molecule is CCNC(=O)NC(=O)[C@H](C)Sc1nnc(-c2ccc(OC)cc2)n1-c1ccccc1F. The summed E-state index contributed by atoms with van der Waals surface area (Å²) in [4.78, 5) is 24.0. The quantitative estimate of drug-likeness (QED) is 0.543. The smallest absolute Gasteiger partial charge is 0.321 e. The maximum absolute atomic E-state index is 14.7. The third kappa shape index (κ3) is 5.21. The molecule has 31 heavy (non-hydrogen) atoms. The number of para-hydroxylation sites is 1. The molecule has 1 heterocycles. The first-order valence-corrected chi connectivity index (χ1v) is 10.4. The number of ether oxygens (including phenoxy) is 1. The van der Waals surface area contributed by atoms with E-state index in [2.05, 4.69) is 20.8 Å². The normalized spacial score (nSPS) is 11.6. The van der Waals surface area contributed by atoms with Crippen LogP contribution in [0.3, 0.4) is 0 Å². The minimum absolute atomic E-state index is 0.247. The van der Waals surface area contributed by atoms with Crippen molar-refractivity contribution in [2.75, 3.05) is 13.7 Å². The number of aromatic nitrogens is 3. The molecule has 1 aromatic heterocycles. The molecule has 3 aromatic rings. The molecule has 0 aliphatic carbocycles. The molecule has 0 aliphatic rings. The number of rotatable bonds is 7. The average Bonchev–Trinajstić information content (AvgIpc) is 3.17. The van der Waals surface area contributed by atoms with Gasteiger partial charge in [0.15, 0.2) is 11.0 Å². The van der Waals surface area contributed by atoms with Crippen LogP contribution in [0, 0.1) is 5.82 Å². The number of benzene rings is 2. The van der Waals surface area contributed by atoms with E-state index in [1.807, 2.05) is 0 Å². The lowest BCUT2D eigenvalue weighted by Crippen LogP contribution is -2.42. The summed E-state index contributed by atoms with van der Waals surface area (Å²) in [6.45, 7) is 3.78. The van der Waals surface area contributed by atoms with Gasteiger partial charge in [0.2, 0.25) is 5.91 Å². The van der Waals surface area contributed by atoms with Crippen LogP contribution in [-0.2, 0) is 4.79 Å². The van der Waals surface area contributed by atoms with Crippen molar-refractivity contribution in [3.63, 3.8) is 0 Å². The van der Waals surface area contributed by atoms with Gasteiger partial charge < -0.3 is 10.1 Å². The lowest BCUT2D eigenvalue weighted by atomic mass is 10.2. The zero-order valence-electron chi connectivity index (χ0n) is 17.3. The number of halogens is 1. The molecule has 0 saturated carbocycles. The average molecular weight is 444 g/mol. The fraction of sp³-hybridized carbons (Fsp3) is 0.238. The van der Waals surface area contributed by atoms with Gasteiger partial charge in [-0.05, 0) is 50.2 Å². The minimum Gasteiger partial charge on any atom is -0.497 e. The molecule has 162 valence electrons. The van der Waals surface area contributed by atoms with Crippen LogP contribution in [0.15, 0.2) is 53.7 Å². The largest absolute Gasteiger partial charge is 0.497 e. The Labute approximate surface area is 183 Å². The van der Waals surface area contributed by atoms with Crippen molar-refractivity contribution in [1.29, 1.82) is 0 Å². The molecule has 0 unspecified atom stereocenters. The van der Waals surface area contributed by atoms with Crippen molar-refractivity contribution in [3.05, 3.63) is 54.3 Å². The monoisotopic (exact) mass is 443 g/mol. The van der Waals surface area contributed by atoms with Crippen molar-refractivity contribution in [2.45, 2.75) is 24.3 Å². The summed E-state index contributed by atoms with van der Waals surface area (Å²) >= 11 is 1.07. The Balaban J connectivity index is 1.97. The number of imide groups is 1. The predicted octanol–water partition coefficient (Wildman–Crippen LogP) is 3.41. The molecule has 0 aliphatic heterocycles. The van der Waals surface area contributed by atoms with Gasteiger partial charge in [0.25, 0.3) is 0 Å². The Bertz CT molecular complexity index is 1070. The van der Waals surface area contributed by atoms with Crippen molar-refractivity contribution >= 4 is 23.7 Å². The molecule has 3 amide bonds. The van der Waals surface area contributed by atoms with Gasteiger partial charge in [0, 0.05) is 12.1 Å². The molecule has 1 atom stereocenters. The number of carbonyl (C=O) groups excluding carboxylic acids is 2. The highest BCUT2D eigenvalue weighted by Gasteiger charge is 2.24. The van der Waals surface area contributed by atoms with Crippen molar-refractivity contribution in [1.82, 2.24) is 25.4 Å². The van der Waals surface area contributed by atoms with Gasteiger partial charge in [-0.15, -0.1) is 10.2 Å². The van der Waals surface area contributed by atoms with E-state index in [0.29, 0.717) is 28.8 Å². The Hall–Kier alpha value is -3.40. The summed E-state index contributed by atoms with van der Waals surface area (Å²) in [6.07, 6.45) is 0. The van der Waals surface area contributed by atoms with E-state index in [1.54, 1.807) is 68.0 Å². The van der Waals surface area contributed by atoms with Crippen molar-refractivity contribution in [3.8, 4) is 22.8 Å². The van der Waals surface area contributed by atoms with E-state index in [0.717, 1.165) is 11.8 Å². The van der Waals surface area contributed by atoms with Crippen LogP contribution in [0.2, 0.25) is 0 Å². The fourth-order valence-electron chi connectivity index (χ4n) is 2.75. The van der Waals surface area contributed by atoms with E-state index >= 15 is 0 Å². The number of methoxy groups -OCH3 is 1. The summed E-state index contributed by atoms with van der Waals surface area (Å²) in [5.41, 5.74) is 0.944. The second-order valence-electron chi connectivity index (χ2n) is 6.43. The highest BCUT2D eigenvalue weighted by Crippen LogP contribution is 2.31. The standard InChI is InChI=1S/C21H22FN5O3S/c1-4-23-20(29)24-19(28)13(2)31-21-26-25-18(14-9-11-15(30-3)12-10-14)27(21)17-8-6-5-7-16(17)22/h5-13H,4H2,1-3H3,(H2,23,24,28,29)/t13-/m0/s1. The fourth-order valence-corrected chi connectivity index (χ4v) is 3.61. The molecule has 0 bridgehead atoms. The van der Waals surface area contributed by atoms with Crippen molar-refractivity contribution in [2.24, 2.45) is 0 Å². The van der Waals surface area contributed by atoms with Gasteiger partial charge >= 0.3 is 6.03 Å². The molecule has 2 aromatic carbocycles. The first-order chi connectivity index (χ1) is 14.9. The summed E-state index contributed by atoms with van der Waals surface area (Å²) in [7, 11) is 1.57. The second kappa shape index (κ2) is 10.1. The zero-order valence-corrected chi connectivity index (χ0v) is 18.1. The summed E-state index contributed by atoms with van der Waals surface area (Å²) in [5.74, 6) is 0.126. The summed E-state index contributed by atoms with van der Waals surface area (Å²) in [6, 6.07) is 12.8. The third-order valence-electron chi connectivity index (χ3n) is 4.30. The van der Waals surface area contributed by atoms with Crippen LogP contribution in [0.1, 0.15) is 13.8 Å². The van der Waals surface area contributed by atoms with Crippen LogP contribution < -0.4 is 15.4 Å². The van der Waals surface area contributed by atoms with E-state index < -0.39 is 23.0 Å².